The Kier molecular flexibility index (Phi) is 13.6. The van der Waals surface area contributed by atoms with Gasteiger partial charge in [0.1, 0.15) is 13.2 Å². The fraction of sp³-hybridized carbons (Fsp3) is 0.588. The van der Waals surface area contributed by atoms with Gasteiger partial charge in [0, 0.05) is 10.8 Å². The Balaban J connectivity index is 1.05. The van der Waals surface area contributed by atoms with Gasteiger partial charge in [-0.3, -0.25) is 0 Å². The lowest BCUT2D eigenvalue weighted by Gasteiger charge is -2.40. The van der Waals surface area contributed by atoms with Crippen LogP contribution in [0.5, 0.6) is 0 Å². The van der Waals surface area contributed by atoms with Crippen LogP contribution in [0.1, 0.15) is 47.4 Å². The second-order valence-electron chi connectivity index (χ2n) is 11.4. The first-order chi connectivity index (χ1) is 21.5. The molecule has 44 heavy (non-hydrogen) atoms. The normalized spacial score (nSPS) is 16.5. The fourth-order valence-corrected chi connectivity index (χ4v) is 4.73. The fourth-order valence-electron chi connectivity index (χ4n) is 4.73. The summed E-state index contributed by atoms with van der Waals surface area (Å²) in [5, 5.41) is 0. The number of carbonyl (C=O) groups is 2. The molecule has 2 aliphatic rings. The average molecular weight is 615 g/mol. The van der Waals surface area contributed by atoms with Crippen LogP contribution >= 0.6 is 0 Å². The molecule has 0 aliphatic carbocycles. The van der Waals surface area contributed by atoms with E-state index in [2.05, 4.69) is 13.8 Å². The van der Waals surface area contributed by atoms with Crippen molar-refractivity contribution < 1.29 is 47.5 Å². The summed E-state index contributed by atoms with van der Waals surface area (Å²) in [5.41, 5.74) is 3.06. The van der Waals surface area contributed by atoms with Crippen molar-refractivity contribution in [2.75, 3.05) is 92.5 Å². The van der Waals surface area contributed by atoms with Crippen LogP contribution in [0.4, 0.5) is 0 Å². The zero-order valence-electron chi connectivity index (χ0n) is 26.0. The van der Waals surface area contributed by atoms with E-state index in [0.29, 0.717) is 64.0 Å². The molecular weight excluding hydrogens is 568 g/mol. The lowest BCUT2D eigenvalue weighted by molar-refractivity contribution is -0.153. The molecule has 0 atom stereocenters. The second-order valence-corrected chi connectivity index (χ2v) is 11.4. The number of esters is 2. The van der Waals surface area contributed by atoms with Crippen molar-refractivity contribution in [2.24, 2.45) is 10.8 Å². The highest BCUT2D eigenvalue weighted by Gasteiger charge is 2.37. The molecule has 10 heteroatoms. The van der Waals surface area contributed by atoms with Gasteiger partial charge in [-0.05, 0) is 48.2 Å². The highest BCUT2D eigenvalue weighted by atomic mass is 16.6. The van der Waals surface area contributed by atoms with Gasteiger partial charge in [-0.1, -0.05) is 38.1 Å². The molecule has 0 saturated carbocycles. The Labute approximate surface area is 260 Å². The van der Waals surface area contributed by atoms with E-state index in [4.69, 9.17) is 37.9 Å². The SMILES string of the molecule is CCC1(COCCOCCOC(=O)c2ccc(-c3ccc(C(=O)OCCOCCOCC4(CC)COC4)cc3)cc2)COC1. The summed E-state index contributed by atoms with van der Waals surface area (Å²) >= 11 is 0. The molecule has 2 heterocycles. The van der Waals surface area contributed by atoms with Crippen molar-refractivity contribution in [3.63, 3.8) is 0 Å². The minimum atomic E-state index is -0.408. The molecule has 0 spiro atoms. The largest absolute Gasteiger partial charge is 0.460 e. The third-order valence-corrected chi connectivity index (χ3v) is 8.19. The van der Waals surface area contributed by atoms with Gasteiger partial charge in [-0.2, -0.15) is 0 Å². The summed E-state index contributed by atoms with van der Waals surface area (Å²) in [5.74, 6) is -0.816. The maximum atomic E-state index is 12.4. The summed E-state index contributed by atoms with van der Waals surface area (Å²) in [4.78, 5) is 24.8. The molecule has 0 bridgehead atoms. The van der Waals surface area contributed by atoms with Crippen molar-refractivity contribution in [1.29, 1.82) is 0 Å². The predicted molar refractivity (Wildman–Crippen MR) is 163 cm³/mol. The van der Waals surface area contributed by atoms with Crippen molar-refractivity contribution in [3.05, 3.63) is 59.7 Å². The molecule has 2 aliphatic heterocycles. The predicted octanol–water partition coefficient (Wildman–Crippen LogP) is 4.59. The smallest absolute Gasteiger partial charge is 0.338 e. The van der Waals surface area contributed by atoms with Crippen LogP contribution in [0.3, 0.4) is 0 Å². The van der Waals surface area contributed by atoms with Gasteiger partial charge in [0.25, 0.3) is 0 Å². The van der Waals surface area contributed by atoms with Crippen LogP contribution in [-0.2, 0) is 37.9 Å². The molecule has 2 saturated heterocycles. The van der Waals surface area contributed by atoms with Crippen LogP contribution in [0, 0.1) is 10.8 Å². The van der Waals surface area contributed by atoms with Crippen molar-refractivity contribution in [2.45, 2.75) is 26.7 Å². The molecule has 2 aromatic carbocycles. The van der Waals surface area contributed by atoms with E-state index >= 15 is 0 Å². The van der Waals surface area contributed by atoms with Crippen molar-refractivity contribution in [3.8, 4) is 11.1 Å². The summed E-state index contributed by atoms with van der Waals surface area (Å²) in [6.07, 6.45) is 2.08. The summed E-state index contributed by atoms with van der Waals surface area (Å²) in [6, 6.07) is 14.3. The summed E-state index contributed by atoms with van der Waals surface area (Å²) in [6.45, 7) is 11.5. The molecule has 0 radical (unpaired) electrons. The first-order valence-electron chi connectivity index (χ1n) is 15.5. The summed E-state index contributed by atoms with van der Waals surface area (Å²) < 4.78 is 43.6. The third kappa shape index (κ3) is 10.1. The van der Waals surface area contributed by atoms with E-state index in [1.165, 1.54) is 0 Å². The maximum absolute atomic E-state index is 12.4. The minimum absolute atomic E-state index is 0.166. The van der Waals surface area contributed by atoms with Gasteiger partial charge in [0.2, 0.25) is 0 Å². The monoisotopic (exact) mass is 614 g/mol. The minimum Gasteiger partial charge on any atom is -0.460 e. The van der Waals surface area contributed by atoms with E-state index in [-0.39, 0.29) is 24.0 Å². The Morgan fingerprint density at radius 1 is 0.545 bits per heavy atom. The van der Waals surface area contributed by atoms with Gasteiger partial charge in [-0.15, -0.1) is 0 Å². The standard InChI is InChI=1S/C34H46O10/c1-3-33(23-41-24-33)21-39-15-13-37-17-19-43-31(35)29-9-5-27(6-10-29)28-7-11-30(12-8-28)32(36)44-20-18-38-14-16-40-22-34(4-2)25-42-26-34/h5-12H,3-4,13-26H2,1-2H3. The molecule has 0 unspecified atom stereocenters. The highest BCUT2D eigenvalue weighted by Crippen LogP contribution is 2.32. The highest BCUT2D eigenvalue weighted by molar-refractivity contribution is 5.91. The van der Waals surface area contributed by atoms with Gasteiger partial charge < -0.3 is 37.9 Å². The molecular formula is C34H46O10. The van der Waals surface area contributed by atoms with Crippen LogP contribution in [-0.4, -0.2) is 104 Å². The second kappa shape index (κ2) is 17.6. The van der Waals surface area contributed by atoms with Gasteiger partial charge >= 0.3 is 11.9 Å². The average Bonchev–Trinajstić information content (AvgIpc) is 3.02. The third-order valence-electron chi connectivity index (χ3n) is 8.19. The van der Waals surface area contributed by atoms with Crippen LogP contribution < -0.4 is 0 Å². The number of ether oxygens (including phenoxy) is 8. The Morgan fingerprint density at radius 2 is 0.886 bits per heavy atom. The summed E-state index contributed by atoms with van der Waals surface area (Å²) in [7, 11) is 0. The first kappa shape index (κ1) is 34.0. The Morgan fingerprint density at radius 3 is 1.20 bits per heavy atom. The van der Waals surface area contributed by atoms with E-state index in [1.807, 2.05) is 24.3 Å². The van der Waals surface area contributed by atoms with Crippen LogP contribution in [0.2, 0.25) is 0 Å². The lowest BCUT2D eigenvalue weighted by atomic mass is 9.84. The van der Waals surface area contributed by atoms with Crippen LogP contribution in [0.15, 0.2) is 48.5 Å². The van der Waals surface area contributed by atoms with E-state index in [0.717, 1.165) is 50.4 Å². The molecule has 10 nitrogen and oxygen atoms in total. The molecule has 0 aromatic heterocycles. The van der Waals surface area contributed by atoms with E-state index in [9.17, 15) is 9.59 Å². The quantitative estimate of drug-likeness (QED) is 0.146. The maximum Gasteiger partial charge on any atom is 0.338 e. The molecule has 0 N–H and O–H groups in total. The number of rotatable bonds is 21. The van der Waals surface area contributed by atoms with Crippen LogP contribution in [0.25, 0.3) is 11.1 Å². The van der Waals surface area contributed by atoms with Gasteiger partial charge in [-0.25, -0.2) is 9.59 Å². The van der Waals surface area contributed by atoms with Crippen molar-refractivity contribution in [1.82, 2.24) is 0 Å². The zero-order valence-corrected chi connectivity index (χ0v) is 26.0. The van der Waals surface area contributed by atoms with Gasteiger partial charge in [0.15, 0.2) is 0 Å². The topological polar surface area (TPSA) is 108 Å². The number of benzene rings is 2. The molecule has 2 fully saturated rings. The molecule has 0 amide bonds. The lowest BCUT2D eigenvalue weighted by Crippen LogP contribution is -2.45. The van der Waals surface area contributed by atoms with E-state index in [1.54, 1.807) is 24.3 Å². The van der Waals surface area contributed by atoms with E-state index < -0.39 is 11.9 Å². The number of hydrogen-bond donors (Lipinski definition) is 0. The van der Waals surface area contributed by atoms with Crippen molar-refractivity contribution >= 4 is 11.9 Å². The first-order valence-corrected chi connectivity index (χ1v) is 15.5. The molecule has 242 valence electrons. The molecule has 2 aromatic rings. The number of carbonyl (C=O) groups excluding carboxylic acids is 2. The molecule has 4 rings (SSSR count). The van der Waals surface area contributed by atoms with Gasteiger partial charge in [0.05, 0.1) is 90.4 Å². The Hall–Kier alpha value is -2.86. The number of hydrogen-bond acceptors (Lipinski definition) is 10. The Bertz CT molecular complexity index is 1040. The zero-order chi connectivity index (χ0) is 31.1.